The lowest BCUT2D eigenvalue weighted by Gasteiger charge is -2.32. The number of likely N-dealkylation sites (tertiary alicyclic amines) is 1. The Kier molecular flexibility index (Phi) is 5.57. The van der Waals surface area contributed by atoms with Crippen molar-refractivity contribution in [3.8, 4) is 0 Å². The van der Waals surface area contributed by atoms with Gasteiger partial charge in [-0.05, 0) is 55.5 Å². The third kappa shape index (κ3) is 4.23. The van der Waals surface area contributed by atoms with Crippen LogP contribution in [0.15, 0.2) is 35.7 Å². The van der Waals surface area contributed by atoms with E-state index in [0.29, 0.717) is 19.0 Å². The Hall–Kier alpha value is -1.76. The molecule has 1 atom stereocenters. The number of rotatable bonds is 5. The van der Waals surface area contributed by atoms with Crippen molar-refractivity contribution in [2.24, 2.45) is 0 Å². The van der Waals surface area contributed by atoms with E-state index in [1.54, 1.807) is 22.7 Å². The van der Waals surface area contributed by atoms with Crippen molar-refractivity contribution in [2.45, 2.75) is 32.2 Å². The van der Waals surface area contributed by atoms with E-state index in [1.165, 1.54) is 20.1 Å². The standard InChI is InChI=1S/C21H25N3OS2/c1-15-9-11-26-19(15)13-23(2)20(25)14-24-10-5-6-16(12-24)21-22-17-7-3-4-8-18(17)27-21/h3-4,7-9,11,16H,5-6,10,12-14H2,1-2H3/t16-/m1/s1. The second-order valence-electron chi connectivity index (χ2n) is 7.37. The van der Waals surface area contributed by atoms with Crippen LogP contribution in [-0.4, -0.2) is 47.4 Å². The van der Waals surface area contributed by atoms with Crippen molar-refractivity contribution in [1.82, 2.24) is 14.8 Å². The molecule has 3 aromatic rings. The number of likely N-dealkylation sites (N-methyl/N-ethyl adjacent to an activating group) is 1. The van der Waals surface area contributed by atoms with Crippen molar-refractivity contribution in [3.63, 3.8) is 0 Å². The average Bonchev–Trinajstić information content (AvgIpc) is 3.28. The molecule has 0 aliphatic carbocycles. The van der Waals surface area contributed by atoms with Crippen LogP contribution in [0, 0.1) is 6.92 Å². The van der Waals surface area contributed by atoms with Crippen molar-refractivity contribution < 1.29 is 4.79 Å². The predicted octanol–water partition coefficient (Wildman–Crippen LogP) is 4.50. The lowest BCUT2D eigenvalue weighted by Crippen LogP contribution is -2.42. The molecular formula is C21H25N3OS2. The molecule has 1 aliphatic rings. The summed E-state index contributed by atoms with van der Waals surface area (Å²) in [7, 11) is 1.91. The first-order valence-corrected chi connectivity index (χ1v) is 11.1. The molecule has 2 aromatic heterocycles. The van der Waals surface area contributed by atoms with Gasteiger partial charge in [0.15, 0.2) is 0 Å². The van der Waals surface area contributed by atoms with Crippen molar-refractivity contribution in [2.75, 3.05) is 26.7 Å². The van der Waals surface area contributed by atoms with E-state index in [1.807, 2.05) is 18.0 Å². The first-order valence-electron chi connectivity index (χ1n) is 9.45. The topological polar surface area (TPSA) is 36.4 Å². The number of thiazole rings is 1. The summed E-state index contributed by atoms with van der Waals surface area (Å²) < 4.78 is 1.26. The monoisotopic (exact) mass is 399 g/mol. The highest BCUT2D eigenvalue weighted by Crippen LogP contribution is 2.32. The molecule has 27 heavy (non-hydrogen) atoms. The van der Waals surface area contributed by atoms with Crippen molar-refractivity contribution in [1.29, 1.82) is 0 Å². The molecule has 4 nitrogen and oxygen atoms in total. The van der Waals surface area contributed by atoms with Gasteiger partial charge in [-0.15, -0.1) is 22.7 Å². The smallest absolute Gasteiger partial charge is 0.236 e. The number of carbonyl (C=O) groups excluding carboxylic acids is 1. The number of aryl methyl sites for hydroxylation is 1. The molecule has 0 spiro atoms. The van der Waals surface area contributed by atoms with Gasteiger partial charge < -0.3 is 4.90 Å². The molecule has 1 aliphatic heterocycles. The minimum atomic E-state index is 0.202. The quantitative estimate of drug-likeness (QED) is 0.634. The molecule has 6 heteroatoms. The van der Waals surface area contributed by atoms with Gasteiger partial charge in [-0.2, -0.15) is 0 Å². The van der Waals surface area contributed by atoms with Gasteiger partial charge in [0, 0.05) is 24.4 Å². The summed E-state index contributed by atoms with van der Waals surface area (Å²) in [5.41, 5.74) is 2.37. The minimum absolute atomic E-state index is 0.202. The summed E-state index contributed by atoms with van der Waals surface area (Å²) in [4.78, 5) is 23.0. The van der Waals surface area contributed by atoms with Gasteiger partial charge >= 0.3 is 0 Å². The normalized spacial score (nSPS) is 18.1. The van der Waals surface area contributed by atoms with Crippen LogP contribution in [0.1, 0.15) is 34.2 Å². The van der Waals surface area contributed by atoms with Gasteiger partial charge in [-0.25, -0.2) is 4.98 Å². The van der Waals surface area contributed by atoms with Crippen molar-refractivity contribution >= 4 is 38.8 Å². The maximum absolute atomic E-state index is 12.7. The third-order valence-electron chi connectivity index (χ3n) is 5.30. The Morgan fingerprint density at radius 1 is 1.33 bits per heavy atom. The van der Waals surface area contributed by atoms with Crippen molar-refractivity contribution in [3.05, 3.63) is 51.2 Å². The highest BCUT2D eigenvalue weighted by molar-refractivity contribution is 7.18. The zero-order valence-corrected chi connectivity index (χ0v) is 17.5. The average molecular weight is 400 g/mol. The third-order valence-corrected chi connectivity index (χ3v) is 7.51. The van der Waals surface area contributed by atoms with Gasteiger partial charge in [-0.3, -0.25) is 9.69 Å². The van der Waals surface area contributed by atoms with Crippen LogP contribution in [0.4, 0.5) is 0 Å². The molecule has 142 valence electrons. The van der Waals surface area contributed by atoms with E-state index in [2.05, 4.69) is 41.5 Å². The summed E-state index contributed by atoms with van der Waals surface area (Å²) in [6.45, 7) is 5.24. The minimum Gasteiger partial charge on any atom is -0.339 e. The Morgan fingerprint density at radius 3 is 2.96 bits per heavy atom. The first kappa shape index (κ1) is 18.6. The molecule has 4 rings (SSSR count). The zero-order valence-electron chi connectivity index (χ0n) is 15.9. The fourth-order valence-electron chi connectivity index (χ4n) is 3.65. The second kappa shape index (κ2) is 8.09. The Balaban J connectivity index is 1.37. The number of para-hydroxylation sites is 1. The van der Waals surface area contributed by atoms with Crippen LogP contribution in [-0.2, 0) is 11.3 Å². The SMILES string of the molecule is Cc1ccsc1CN(C)C(=O)CN1CCC[C@@H](c2nc3ccccc3s2)C1. The number of hydrogen-bond donors (Lipinski definition) is 0. The fraction of sp³-hybridized carbons (Fsp3) is 0.429. The fourth-order valence-corrected chi connectivity index (χ4v) is 5.70. The number of thiophene rings is 1. The van der Waals surface area contributed by atoms with Gasteiger partial charge in [-0.1, -0.05) is 12.1 Å². The van der Waals surface area contributed by atoms with Gasteiger partial charge in [0.05, 0.1) is 28.3 Å². The van der Waals surface area contributed by atoms with E-state index in [-0.39, 0.29) is 5.91 Å². The number of hydrogen-bond acceptors (Lipinski definition) is 5. The second-order valence-corrected chi connectivity index (χ2v) is 9.43. The number of piperidine rings is 1. The van der Waals surface area contributed by atoms with E-state index in [0.717, 1.165) is 31.4 Å². The van der Waals surface area contributed by atoms with Crippen LogP contribution in [0.2, 0.25) is 0 Å². The molecule has 0 bridgehead atoms. The Morgan fingerprint density at radius 2 is 2.19 bits per heavy atom. The number of nitrogens with zero attached hydrogens (tertiary/aromatic N) is 3. The highest BCUT2D eigenvalue weighted by atomic mass is 32.1. The lowest BCUT2D eigenvalue weighted by molar-refractivity contribution is -0.131. The molecule has 0 unspecified atom stereocenters. The van der Waals surface area contributed by atoms with E-state index >= 15 is 0 Å². The highest BCUT2D eigenvalue weighted by Gasteiger charge is 2.26. The molecular weight excluding hydrogens is 374 g/mol. The van der Waals surface area contributed by atoms with Crippen LogP contribution in [0.5, 0.6) is 0 Å². The molecule has 0 radical (unpaired) electrons. The van der Waals surface area contributed by atoms with Gasteiger partial charge in [0.1, 0.15) is 0 Å². The molecule has 1 aromatic carbocycles. The number of carbonyl (C=O) groups is 1. The molecule has 3 heterocycles. The van der Waals surface area contributed by atoms with E-state index in [4.69, 9.17) is 4.98 Å². The van der Waals surface area contributed by atoms with E-state index in [9.17, 15) is 4.79 Å². The summed E-state index contributed by atoms with van der Waals surface area (Å²) in [6, 6.07) is 10.5. The zero-order chi connectivity index (χ0) is 18.8. The molecule has 1 saturated heterocycles. The van der Waals surface area contributed by atoms with Gasteiger partial charge in [0.25, 0.3) is 0 Å². The predicted molar refractivity (Wildman–Crippen MR) is 114 cm³/mol. The summed E-state index contributed by atoms with van der Waals surface area (Å²) >= 11 is 3.53. The molecule has 0 saturated carbocycles. The number of amides is 1. The summed E-state index contributed by atoms with van der Waals surface area (Å²) in [5, 5.41) is 3.31. The van der Waals surface area contributed by atoms with Crippen LogP contribution < -0.4 is 0 Å². The summed E-state index contributed by atoms with van der Waals surface area (Å²) in [5.74, 6) is 0.640. The van der Waals surface area contributed by atoms with Crippen LogP contribution >= 0.6 is 22.7 Å². The van der Waals surface area contributed by atoms with Crippen LogP contribution in [0.25, 0.3) is 10.2 Å². The maximum Gasteiger partial charge on any atom is 0.236 e. The number of aromatic nitrogens is 1. The molecule has 0 N–H and O–H groups in total. The maximum atomic E-state index is 12.7. The largest absolute Gasteiger partial charge is 0.339 e. The van der Waals surface area contributed by atoms with Crippen LogP contribution in [0.3, 0.4) is 0 Å². The Bertz CT molecular complexity index is 899. The molecule has 1 amide bonds. The van der Waals surface area contributed by atoms with E-state index < -0.39 is 0 Å². The number of benzene rings is 1. The summed E-state index contributed by atoms with van der Waals surface area (Å²) in [6.07, 6.45) is 2.29. The molecule has 1 fully saturated rings. The van der Waals surface area contributed by atoms with Gasteiger partial charge in [0.2, 0.25) is 5.91 Å². The Labute approximate surface area is 168 Å². The number of fused-ring (bicyclic) bond motifs is 1. The lowest BCUT2D eigenvalue weighted by atomic mass is 9.99. The first-order chi connectivity index (χ1) is 13.1.